The van der Waals surface area contributed by atoms with Gasteiger partial charge in [0.25, 0.3) is 14.2 Å². The summed E-state index contributed by atoms with van der Waals surface area (Å²) < 4.78 is 37.8. The van der Waals surface area contributed by atoms with Crippen molar-refractivity contribution in [1.82, 2.24) is 14.8 Å². The highest BCUT2D eigenvalue weighted by Crippen LogP contribution is 2.32. The maximum absolute atomic E-state index is 13.5. The van der Waals surface area contributed by atoms with Gasteiger partial charge in [-0.05, 0) is 26.0 Å². The first kappa shape index (κ1) is 15.2. The zero-order valence-corrected chi connectivity index (χ0v) is 12.8. The van der Waals surface area contributed by atoms with E-state index in [4.69, 9.17) is 22.3 Å². The molecule has 108 valence electrons. The summed E-state index contributed by atoms with van der Waals surface area (Å²) in [5, 5.41) is 6.79. The minimum absolute atomic E-state index is 0.142. The fourth-order valence-corrected chi connectivity index (χ4v) is 2.97. The first-order chi connectivity index (χ1) is 9.23. The van der Waals surface area contributed by atoms with Crippen molar-refractivity contribution < 1.29 is 12.8 Å². The number of hydrogen-bond acceptors (Lipinski definition) is 4. The third-order valence-electron chi connectivity index (χ3n) is 2.59. The molecule has 0 aliphatic carbocycles. The Morgan fingerprint density at radius 3 is 2.50 bits per heavy atom. The van der Waals surface area contributed by atoms with Crippen LogP contribution in [0.25, 0.3) is 11.4 Å². The van der Waals surface area contributed by atoms with Crippen molar-refractivity contribution in [2.24, 2.45) is 0 Å². The Hall–Kier alpha value is -1.18. The maximum Gasteiger partial charge on any atom is 0.296 e. The van der Waals surface area contributed by atoms with E-state index in [2.05, 4.69) is 10.2 Å². The predicted molar refractivity (Wildman–Crippen MR) is 73.8 cm³/mol. The second-order valence-corrected chi connectivity index (χ2v) is 7.15. The van der Waals surface area contributed by atoms with E-state index >= 15 is 0 Å². The number of aromatic nitrogens is 3. The molecule has 0 bridgehead atoms. The number of halogens is 3. The van der Waals surface area contributed by atoms with E-state index in [1.165, 1.54) is 22.8 Å². The standard InChI is InChI=1S/C11H10Cl2FN3O2S/c1-6(2)17-10(15-16-11(17)20(13,18)19)7-4-3-5-8(14)9(7)12/h3-6H,1-2H3. The fourth-order valence-electron chi connectivity index (χ4n) is 1.77. The topological polar surface area (TPSA) is 64.8 Å². The Kier molecular flexibility index (Phi) is 4.04. The highest BCUT2D eigenvalue weighted by atomic mass is 35.7. The van der Waals surface area contributed by atoms with Crippen molar-refractivity contribution in [2.45, 2.75) is 25.0 Å². The van der Waals surface area contributed by atoms with Gasteiger partial charge in [-0.3, -0.25) is 4.57 Å². The molecule has 20 heavy (non-hydrogen) atoms. The molecular weight excluding hydrogens is 328 g/mol. The molecule has 2 rings (SSSR count). The molecule has 1 aromatic heterocycles. The molecule has 0 aliphatic rings. The molecule has 0 N–H and O–H groups in total. The van der Waals surface area contributed by atoms with Crippen molar-refractivity contribution in [3.63, 3.8) is 0 Å². The molecule has 0 saturated heterocycles. The van der Waals surface area contributed by atoms with Crippen molar-refractivity contribution in [2.75, 3.05) is 0 Å². The first-order valence-corrected chi connectivity index (χ1v) is 8.26. The predicted octanol–water partition coefficient (Wildman–Crippen LogP) is 3.25. The summed E-state index contributed by atoms with van der Waals surface area (Å²) in [5.74, 6) is -0.485. The van der Waals surface area contributed by atoms with Gasteiger partial charge in [0.05, 0.1) is 5.02 Å². The lowest BCUT2D eigenvalue weighted by molar-refractivity contribution is 0.530. The van der Waals surface area contributed by atoms with Crippen LogP contribution in [-0.2, 0) is 9.05 Å². The molecular formula is C11H10Cl2FN3O2S. The van der Waals surface area contributed by atoms with E-state index in [1.807, 2.05) is 0 Å². The normalized spacial score (nSPS) is 12.1. The van der Waals surface area contributed by atoms with Gasteiger partial charge in [0.15, 0.2) is 5.82 Å². The number of rotatable bonds is 3. The smallest absolute Gasteiger partial charge is 0.294 e. The van der Waals surface area contributed by atoms with E-state index < -0.39 is 20.0 Å². The zero-order valence-electron chi connectivity index (χ0n) is 10.5. The van der Waals surface area contributed by atoms with Crippen molar-refractivity contribution in [1.29, 1.82) is 0 Å². The third kappa shape index (κ3) is 2.65. The first-order valence-electron chi connectivity index (χ1n) is 5.57. The quantitative estimate of drug-likeness (QED) is 0.806. The summed E-state index contributed by atoms with van der Waals surface area (Å²) >= 11 is 5.89. The van der Waals surface area contributed by atoms with E-state index in [0.717, 1.165) is 0 Å². The second-order valence-electron chi connectivity index (χ2n) is 4.31. The zero-order chi connectivity index (χ0) is 15.1. The average Bonchev–Trinajstić information content (AvgIpc) is 2.77. The van der Waals surface area contributed by atoms with Gasteiger partial charge in [-0.15, -0.1) is 10.2 Å². The minimum atomic E-state index is -4.06. The Labute approximate surface area is 124 Å². The van der Waals surface area contributed by atoms with Crippen molar-refractivity contribution in [3.05, 3.63) is 29.0 Å². The van der Waals surface area contributed by atoms with E-state index in [-0.39, 0.29) is 22.5 Å². The Morgan fingerprint density at radius 2 is 1.95 bits per heavy atom. The van der Waals surface area contributed by atoms with Gasteiger partial charge in [0.2, 0.25) is 0 Å². The number of hydrogen-bond donors (Lipinski definition) is 0. The van der Waals surface area contributed by atoms with Gasteiger partial charge >= 0.3 is 0 Å². The summed E-state index contributed by atoms with van der Waals surface area (Å²) in [4.78, 5) is 0. The van der Waals surface area contributed by atoms with Crippen LogP contribution in [0.1, 0.15) is 19.9 Å². The number of nitrogens with zero attached hydrogens (tertiary/aromatic N) is 3. The molecule has 5 nitrogen and oxygen atoms in total. The summed E-state index contributed by atoms with van der Waals surface area (Å²) in [6, 6.07) is 3.87. The van der Waals surface area contributed by atoms with Gasteiger partial charge in [0, 0.05) is 22.3 Å². The molecule has 0 spiro atoms. The van der Waals surface area contributed by atoms with Crippen LogP contribution in [0.3, 0.4) is 0 Å². The molecule has 1 heterocycles. The summed E-state index contributed by atoms with van der Waals surface area (Å²) in [6.45, 7) is 3.46. The van der Waals surface area contributed by atoms with Gasteiger partial charge in [0.1, 0.15) is 5.82 Å². The SMILES string of the molecule is CC(C)n1c(-c2cccc(F)c2Cl)nnc1S(=O)(=O)Cl. The molecule has 0 fully saturated rings. The summed E-state index contributed by atoms with van der Waals surface area (Å²) in [7, 11) is 1.26. The van der Waals surface area contributed by atoms with Crippen LogP contribution in [0.2, 0.25) is 5.02 Å². The summed E-state index contributed by atoms with van der Waals surface area (Å²) in [5.41, 5.74) is 0.249. The van der Waals surface area contributed by atoms with Crippen LogP contribution in [0.5, 0.6) is 0 Å². The van der Waals surface area contributed by atoms with Crippen LogP contribution in [0.15, 0.2) is 23.4 Å². The van der Waals surface area contributed by atoms with Crippen LogP contribution < -0.4 is 0 Å². The third-order valence-corrected chi connectivity index (χ3v) is 4.10. The molecule has 0 unspecified atom stereocenters. The molecule has 2 aromatic rings. The fraction of sp³-hybridized carbons (Fsp3) is 0.273. The lowest BCUT2D eigenvalue weighted by atomic mass is 10.2. The average molecular weight is 338 g/mol. The molecule has 9 heteroatoms. The highest BCUT2D eigenvalue weighted by molar-refractivity contribution is 8.13. The Morgan fingerprint density at radius 1 is 1.30 bits per heavy atom. The second kappa shape index (κ2) is 5.31. The molecule has 0 aliphatic heterocycles. The van der Waals surface area contributed by atoms with Gasteiger partial charge in [-0.25, -0.2) is 12.8 Å². The largest absolute Gasteiger partial charge is 0.296 e. The van der Waals surface area contributed by atoms with E-state index in [9.17, 15) is 12.8 Å². The Bertz CT molecular complexity index is 759. The molecule has 0 atom stereocenters. The maximum atomic E-state index is 13.5. The monoisotopic (exact) mass is 337 g/mol. The molecule has 0 saturated carbocycles. The number of benzene rings is 1. The molecule has 0 radical (unpaired) electrons. The van der Waals surface area contributed by atoms with Gasteiger partial charge in [-0.2, -0.15) is 0 Å². The lowest BCUT2D eigenvalue weighted by Gasteiger charge is -2.13. The van der Waals surface area contributed by atoms with Gasteiger partial charge in [-0.1, -0.05) is 17.7 Å². The Balaban J connectivity index is 2.76. The van der Waals surface area contributed by atoms with Crippen LogP contribution in [0.4, 0.5) is 4.39 Å². The van der Waals surface area contributed by atoms with Crippen LogP contribution in [0, 0.1) is 5.82 Å². The molecule has 1 aromatic carbocycles. The minimum Gasteiger partial charge on any atom is -0.294 e. The van der Waals surface area contributed by atoms with Crippen molar-refractivity contribution in [3.8, 4) is 11.4 Å². The molecule has 0 amide bonds. The van der Waals surface area contributed by atoms with Crippen molar-refractivity contribution >= 4 is 31.3 Å². The van der Waals surface area contributed by atoms with Crippen LogP contribution >= 0.6 is 22.3 Å². The lowest BCUT2D eigenvalue weighted by Crippen LogP contribution is -2.10. The highest BCUT2D eigenvalue weighted by Gasteiger charge is 2.26. The van der Waals surface area contributed by atoms with E-state index in [1.54, 1.807) is 13.8 Å². The van der Waals surface area contributed by atoms with Gasteiger partial charge < -0.3 is 0 Å². The summed E-state index contributed by atoms with van der Waals surface area (Å²) in [6.07, 6.45) is 0. The van der Waals surface area contributed by atoms with Crippen LogP contribution in [-0.4, -0.2) is 23.2 Å². The van der Waals surface area contributed by atoms with E-state index in [0.29, 0.717) is 0 Å².